The summed E-state index contributed by atoms with van der Waals surface area (Å²) in [6.45, 7) is 0. The van der Waals surface area contributed by atoms with Crippen LogP contribution in [0.3, 0.4) is 0 Å². The predicted molar refractivity (Wildman–Crippen MR) is 204 cm³/mol. The Bertz CT molecular complexity index is 2850. The van der Waals surface area contributed by atoms with Gasteiger partial charge >= 0.3 is 0 Å². The van der Waals surface area contributed by atoms with E-state index in [0.29, 0.717) is 0 Å². The third-order valence-electron chi connectivity index (χ3n) is 9.66. The molecule has 0 atom stereocenters. The maximum Gasteiger partial charge on any atom is 0.159 e. The van der Waals surface area contributed by atoms with E-state index in [1.165, 1.54) is 16.3 Å². The molecular formula is C46H29NO2. The zero-order valence-electron chi connectivity index (χ0n) is 26.5. The van der Waals surface area contributed by atoms with Crippen molar-refractivity contribution in [3.05, 3.63) is 176 Å². The first-order valence-corrected chi connectivity index (χ1v) is 16.6. The minimum atomic E-state index is 0.849. The lowest BCUT2D eigenvalue weighted by Gasteiger charge is -2.28. The molecule has 230 valence electrons. The van der Waals surface area contributed by atoms with Gasteiger partial charge in [-0.3, -0.25) is 0 Å². The molecule has 3 nitrogen and oxygen atoms in total. The molecule has 0 saturated heterocycles. The summed E-state index contributed by atoms with van der Waals surface area (Å²) in [5, 5.41) is 6.88. The molecule has 0 N–H and O–H groups in total. The van der Waals surface area contributed by atoms with E-state index in [1.54, 1.807) is 0 Å². The minimum absolute atomic E-state index is 0.849. The van der Waals surface area contributed by atoms with E-state index in [4.69, 9.17) is 8.83 Å². The van der Waals surface area contributed by atoms with Gasteiger partial charge in [-0.15, -0.1) is 0 Å². The number of rotatable bonds is 5. The zero-order chi connectivity index (χ0) is 32.3. The Hall–Kier alpha value is -6.58. The molecule has 0 spiro atoms. The lowest BCUT2D eigenvalue weighted by molar-refractivity contribution is 0.668. The maximum atomic E-state index is 6.66. The van der Waals surface area contributed by atoms with Crippen molar-refractivity contribution in [3.63, 3.8) is 0 Å². The highest BCUT2D eigenvalue weighted by atomic mass is 16.3. The predicted octanol–water partition coefficient (Wildman–Crippen LogP) is 13.4. The van der Waals surface area contributed by atoms with Crippen molar-refractivity contribution < 1.29 is 8.83 Å². The second-order valence-corrected chi connectivity index (χ2v) is 12.5. The fourth-order valence-corrected chi connectivity index (χ4v) is 7.41. The van der Waals surface area contributed by atoms with Gasteiger partial charge in [-0.25, -0.2) is 0 Å². The molecule has 0 fully saturated rings. The van der Waals surface area contributed by atoms with Gasteiger partial charge in [0.25, 0.3) is 0 Å². The molecule has 8 aromatic carbocycles. The first-order chi connectivity index (χ1) is 24.3. The van der Waals surface area contributed by atoms with Crippen molar-refractivity contribution in [2.45, 2.75) is 0 Å². The second kappa shape index (κ2) is 11.0. The van der Waals surface area contributed by atoms with E-state index in [9.17, 15) is 0 Å². The fourth-order valence-electron chi connectivity index (χ4n) is 7.41. The molecule has 2 heterocycles. The van der Waals surface area contributed by atoms with Gasteiger partial charge in [0.2, 0.25) is 0 Å². The molecule has 0 saturated carbocycles. The quantitative estimate of drug-likeness (QED) is 0.190. The van der Waals surface area contributed by atoms with Crippen LogP contribution in [0.2, 0.25) is 0 Å². The van der Waals surface area contributed by atoms with Gasteiger partial charge in [0.15, 0.2) is 5.58 Å². The largest absolute Gasteiger partial charge is 0.456 e. The molecule has 0 aliphatic rings. The summed E-state index contributed by atoms with van der Waals surface area (Å²) in [7, 11) is 0. The number of benzene rings is 8. The number of fused-ring (bicyclic) bond motifs is 7. The standard InChI is InChI=1S/C46H29NO2/c1-2-16-34-30(12-1)13-10-20-35(34)31-14-9-15-33(28-31)47(42-23-11-21-40-38-19-5-8-25-44(38)49-46(40)42)41-22-6-3-17-36(41)32-26-27-39-37-18-4-7-24-43(37)48-45(39)29-32/h1-29H. The Morgan fingerprint density at radius 3 is 1.84 bits per heavy atom. The molecular weight excluding hydrogens is 599 g/mol. The van der Waals surface area contributed by atoms with E-state index in [2.05, 4.69) is 157 Å². The van der Waals surface area contributed by atoms with Crippen molar-refractivity contribution in [1.82, 2.24) is 0 Å². The van der Waals surface area contributed by atoms with Crippen molar-refractivity contribution in [2.75, 3.05) is 4.90 Å². The summed E-state index contributed by atoms with van der Waals surface area (Å²) in [5.74, 6) is 0. The number of hydrogen-bond donors (Lipinski definition) is 0. The van der Waals surface area contributed by atoms with E-state index in [-0.39, 0.29) is 0 Å². The molecule has 0 unspecified atom stereocenters. The van der Waals surface area contributed by atoms with Crippen molar-refractivity contribution in [1.29, 1.82) is 0 Å². The molecule has 10 rings (SSSR count). The van der Waals surface area contributed by atoms with Crippen LogP contribution in [0.15, 0.2) is 185 Å². The summed E-state index contributed by atoms with van der Waals surface area (Å²) in [5.41, 5.74) is 11.1. The minimum Gasteiger partial charge on any atom is -0.456 e. The first kappa shape index (κ1) is 27.5. The molecule has 0 bridgehead atoms. The summed E-state index contributed by atoms with van der Waals surface area (Å²) in [6.07, 6.45) is 0. The summed E-state index contributed by atoms with van der Waals surface area (Å²) in [4.78, 5) is 2.34. The second-order valence-electron chi connectivity index (χ2n) is 12.5. The van der Waals surface area contributed by atoms with Gasteiger partial charge in [-0.05, 0) is 76.0 Å². The van der Waals surface area contributed by atoms with E-state index < -0.39 is 0 Å². The van der Waals surface area contributed by atoms with Crippen LogP contribution in [0.4, 0.5) is 17.1 Å². The van der Waals surface area contributed by atoms with Crippen molar-refractivity contribution in [3.8, 4) is 22.3 Å². The molecule has 10 aromatic rings. The van der Waals surface area contributed by atoms with Crippen molar-refractivity contribution in [2.24, 2.45) is 0 Å². The molecule has 3 heteroatoms. The number of anilines is 3. The molecule has 0 aliphatic carbocycles. The van der Waals surface area contributed by atoms with Crippen LogP contribution >= 0.6 is 0 Å². The van der Waals surface area contributed by atoms with E-state index in [1.807, 2.05) is 24.3 Å². The molecule has 49 heavy (non-hydrogen) atoms. The topological polar surface area (TPSA) is 29.5 Å². The monoisotopic (exact) mass is 627 g/mol. The molecule has 2 aromatic heterocycles. The lowest BCUT2D eigenvalue weighted by Crippen LogP contribution is -2.11. The smallest absolute Gasteiger partial charge is 0.159 e. The highest BCUT2D eigenvalue weighted by molar-refractivity contribution is 6.11. The van der Waals surface area contributed by atoms with Crippen LogP contribution in [0, 0.1) is 0 Å². The first-order valence-electron chi connectivity index (χ1n) is 16.6. The highest BCUT2D eigenvalue weighted by Gasteiger charge is 2.23. The summed E-state index contributed by atoms with van der Waals surface area (Å²) < 4.78 is 13.0. The third-order valence-corrected chi connectivity index (χ3v) is 9.66. The average Bonchev–Trinajstić information content (AvgIpc) is 3.74. The number of furan rings is 2. The van der Waals surface area contributed by atoms with Gasteiger partial charge < -0.3 is 13.7 Å². The molecule has 0 aliphatic heterocycles. The van der Waals surface area contributed by atoms with Gasteiger partial charge in [-0.1, -0.05) is 127 Å². The van der Waals surface area contributed by atoms with E-state index >= 15 is 0 Å². The Balaban J connectivity index is 1.22. The van der Waals surface area contributed by atoms with Crippen LogP contribution in [0.5, 0.6) is 0 Å². The Morgan fingerprint density at radius 1 is 0.347 bits per heavy atom. The summed E-state index contributed by atoms with van der Waals surface area (Å²) >= 11 is 0. The third kappa shape index (κ3) is 4.44. The highest BCUT2D eigenvalue weighted by Crippen LogP contribution is 2.46. The Kier molecular flexibility index (Phi) is 6.18. The van der Waals surface area contributed by atoms with Crippen LogP contribution in [0.1, 0.15) is 0 Å². The Morgan fingerprint density at radius 2 is 0.939 bits per heavy atom. The molecule has 0 radical (unpaired) electrons. The summed E-state index contributed by atoms with van der Waals surface area (Å²) in [6, 6.07) is 62.0. The van der Waals surface area contributed by atoms with Crippen LogP contribution in [-0.2, 0) is 0 Å². The average molecular weight is 628 g/mol. The van der Waals surface area contributed by atoms with Crippen LogP contribution in [0.25, 0.3) is 76.9 Å². The Labute approximate surface area is 282 Å². The van der Waals surface area contributed by atoms with Gasteiger partial charge in [0, 0.05) is 32.8 Å². The van der Waals surface area contributed by atoms with Gasteiger partial charge in [0.05, 0.1) is 11.4 Å². The van der Waals surface area contributed by atoms with E-state index in [0.717, 1.165) is 77.6 Å². The SMILES string of the molecule is c1cc(-c2cccc3ccccc23)cc(N(c2ccccc2-c2ccc3c(c2)oc2ccccc23)c2cccc3c2oc2ccccc23)c1. The number of para-hydroxylation sites is 4. The maximum absolute atomic E-state index is 6.66. The fraction of sp³-hybridized carbons (Fsp3) is 0. The van der Waals surface area contributed by atoms with Gasteiger partial charge in [-0.2, -0.15) is 0 Å². The van der Waals surface area contributed by atoms with Crippen LogP contribution in [-0.4, -0.2) is 0 Å². The lowest BCUT2D eigenvalue weighted by atomic mass is 9.97. The zero-order valence-corrected chi connectivity index (χ0v) is 26.5. The normalized spacial score (nSPS) is 11.7. The number of hydrogen-bond acceptors (Lipinski definition) is 3. The van der Waals surface area contributed by atoms with Crippen LogP contribution < -0.4 is 4.90 Å². The van der Waals surface area contributed by atoms with Crippen molar-refractivity contribution >= 4 is 71.7 Å². The molecule has 0 amide bonds. The van der Waals surface area contributed by atoms with Gasteiger partial charge in [0.1, 0.15) is 16.7 Å². The number of nitrogens with zero attached hydrogens (tertiary/aromatic N) is 1.